The summed E-state index contributed by atoms with van der Waals surface area (Å²) in [5.41, 5.74) is 6.02. The molecule has 0 aromatic heterocycles. The van der Waals surface area contributed by atoms with Crippen molar-refractivity contribution < 1.29 is 84.0 Å². The van der Waals surface area contributed by atoms with Gasteiger partial charge in [-0.05, 0) is 260 Å². The van der Waals surface area contributed by atoms with Crippen LogP contribution in [0.4, 0.5) is 0 Å². The molecule has 0 aromatic carbocycles. The minimum atomic E-state index is -0.449. The van der Waals surface area contributed by atoms with Crippen LogP contribution in [-0.4, -0.2) is 113 Å². The molecule has 0 amide bonds. The number of allylic oxidation sites excluding steroid dienone is 6. The molecule has 0 heterocycles. The third-order valence-corrected chi connectivity index (χ3v) is 19.7. The summed E-state index contributed by atoms with van der Waals surface area (Å²) in [6.45, 7) is 32.9. The van der Waals surface area contributed by atoms with Crippen molar-refractivity contribution in [2.75, 3.05) is 7.11 Å². The molecule has 5 fully saturated rings. The van der Waals surface area contributed by atoms with Crippen LogP contribution in [0.15, 0.2) is 46.6 Å². The van der Waals surface area contributed by atoms with Gasteiger partial charge in [-0.2, -0.15) is 6.92 Å². The number of carbonyl (C=O) groups is 1. The van der Waals surface area contributed by atoms with E-state index in [-0.39, 0.29) is 97.7 Å². The Balaban J connectivity index is 0.00000115. The van der Waals surface area contributed by atoms with Crippen molar-refractivity contribution in [2.45, 2.75) is 286 Å². The van der Waals surface area contributed by atoms with Gasteiger partial charge in [0.2, 0.25) is 0 Å². The fraction of sp³-hybridized carbons (Fsp3) is 0.851. The quantitative estimate of drug-likeness (QED) is 0.0487. The first-order valence-electron chi connectivity index (χ1n) is 31.0. The number of hydrogen-bond acceptors (Lipinski definition) is 9. The molecule has 9 nitrogen and oxygen atoms in total. The molecular weight excluding hydrogens is 1100 g/mol. The normalized spacial score (nSPS) is 34.3. The van der Waals surface area contributed by atoms with E-state index in [0.717, 1.165) is 112 Å². The molecule has 0 unspecified atom stereocenters. The molecule has 454 valence electrons. The molecule has 79 heavy (non-hydrogen) atoms. The van der Waals surface area contributed by atoms with E-state index in [9.17, 15) is 20.1 Å². The van der Waals surface area contributed by atoms with Gasteiger partial charge < -0.3 is 64.4 Å². The van der Waals surface area contributed by atoms with Crippen molar-refractivity contribution in [1.82, 2.24) is 0 Å². The Labute approximate surface area is 526 Å². The monoisotopic (exact) mass is 1220 g/mol. The topological polar surface area (TPSA) is 168 Å². The van der Waals surface area contributed by atoms with Crippen LogP contribution in [0.25, 0.3) is 0 Å². The molecule has 0 saturated heterocycles. The van der Waals surface area contributed by atoms with E-state index in [0.29, 0.717) is 35.0 Å². The zero-order valence-electron chi connectivity index (χ0n) is 53.2. The summed E-state index contributed by atoms with van der Waals surface area (Å²) in [6.07, 6.45) is 33.4. The molecular formula is C67H119BrMgO9Ti. The second-order valence-corrected chi connectivity index (χ2v) is 27.0. The Kier molecular flexibility index (Phi) is 35.7. The first kappa shape index (κ1) is 79.1. The summed E-state index contributed by atoms with van der Waals surface area (Å²) in [6, 6.07) is 0. The molecule has 12 heteroatoms. The Bertz CT molecular complexity index is 1860. The van der Waals surface area contributed by atoms with Crippen molar-refractivity contribution >= 4 is 29.0 Å². The van der Waals surface area contributed by atoms with Gasteiger partial charge in [0, 0.05) is 52.6 Å². The van der Waals surface area contributed by atoms with E-state index in [1.54, 1.807) is 84.6 Å². The molecule has 0 spiro atoms. The van der Waals surface area contributed by atoms with Crippen LogP contribution in [0.2, 0.25) is 0 Å². The Morgan fingerprint density at radius 1 is 0.557 bits per heavy atom. The number of methoxy groups -OCH3 is 1. The number of hydrogen-bond donors (Lipinski definition) is 7. The third-order valence-electron chi connectivity index (χ3n) is 19.7. The standard InChI is InChI=1S/C27H42O2.C26H40O3.4C3H8O.C2H5.BrH.Mg.Ti/c1-4-26(28)14-11-20-19(17-26)5-6-22-21(20)10-12-25(3)23(7-8-24(22)25)18(2)9-13-27(29)15-16-27;1-5-26(28)15-13-19-18(16-26)7-8-21-20(19)12-14-25(3)22(9-10-23(21)25)17(2)6-11-24(27)29-4;4*1-3(2)4;1-2;;;/h5,7,18,20-22,24,28-29H,4,6,8-17H2,1-3H3;7,9,17,19-21,23,28H,5-6,8,10-16H2,1-4H3;4*3-4H,1-2H3;1H2,2H3;1H;;/q;;;;;;-1;;+2;/p-1/t18-,20+,21-,22-,24+,25-,26+;17-,19+,20-,21-,23+,25-,26+;;;;;;;;/m11......../s1. The molecule has 9 aliphatic rings. The molecule has 5 saturated carbocycles. The average molecular weight is 1220 g/mol. The van der Waals surface area contributed by atoms with Crippen LogP contribution in [0, 0.1) is 76.9 Å². The molecule has 0 aromatic rings. The van der Waals surface area contributed by atoms with E-state index < -0.39 is 11.2 Å². The van der Waals surface area contributed by atoms with E-state index in [1.165, 1.54) is 71.3 Å². The molecule has 0 radical (unpaired) electrons. The Hall–Kier alpha value is 0.111. The molecule has 0 aliphatic heterocycles. The number of fused-ring (bicyclic) bond motifs is 10. The van der Waals surface area contributed by atoms with Crippen LogP contribution >= 0.6 is 0 Å². The predicted octanol–water partition coefficient (Wildman–Crippen LogP) is 11.0. The second-order valence-electron chi connectivity index (χ2n) is 27.0. The number of rotatable bonds is 10. The number of esters is 1. The van der Waals surface area contributed by atoms with Gasteiger partial charge in [0.15, 0.2) is 0 Å². The summed E-state index contributed by atoms with van der Waals surface area (Å²) < 4.78 is 4.86. The fourth-order valence-corrected chi connectivity index (χ4v) is 15.7. The van der Waals surface area contributed by atoms with E-state index in [4.69, 9.17) is 25.2 Å². The summed E-state index contributed by atoms with van der Waals surface area (Å²) in [7, 11) is 1.48. The van der Waals surface area contributed by atoms with Crippen LogP contribution in [-0.2, 0) is 31.2 Å². The summed E-state index contributed by atoms with van der Waals surface area (Å²) >= 11 is 0. The van der Waals surface area contributed by atoms with Gasteiger partial charge in [-0.3, -0.25) is 4.79 Å². The fourth-order valence-electron chi connectivity index (χ4n) is 15.7. The predicted molar refractivity (Wildman–Crippen MR) is 321 cm³/mol. The van der Waals surface area contributed by atoms with Crippen molar-refractivity contribution in [1.29, 1.82) is 0 Å². The van der Waals surface area contributed by atoms with Crippen LogP contribution in [0.1, 0.15) is 245 Å². The minimum Gasteiger partial charge on any atom is -1.00 e. The second kappa shape index (κ2) is 35.7. The largest absolute Gasteiger partial charge is 2.00 e. The molecule has 9 rings (SSSR count). The van der Waals surface area contributed by atoms with E-state index >= 15 is 0 Å². The van der Waals surface area contributed by atoms with Gasteiger partial charge in [0.05, 0.1) is 23.9 Å². The number of aliphatic hydroxyl groups is 7. The molecule has 7 N–H and O–H groups in total. The molecule has 0 bridgehead atoms. The molecule has 14 atom stereocenters. The Morgan fingerprint density at radius 2 is 0.899 bits per heavy atom. The van der Waals surface area contributed by atoms with Crippen LogP contribution in [0.5, 0.6) is 0 Å². The first-order chi connectivity index (χ1) is 35.5. The summed E-state index contributed by atoms with van der Waals surface area (Å²) in [5, 5.41) is 64.2. The maximum absolute atomic E-state index is 11.6. The van der Waals surface area contributed by atoms with Crippen LogP contribution in [0.3, 0.4) is 0 Å². The first-order valence-corrected chi connectivity index (χ1v) is 31.0. The van der Waals surface area contributed by atoms with Crippen molar-refractivity contribution in [3.05, 3.63) is 53.5 Å². The summed E-state index contributed by atoms with van der Waals surface area (Å²) in [5.74, 6) is 7.31. The maximum atomic E-state index is 11.6. The van der Waals surface area contributed by atoms with Gasteiger partial charge >= 0.3 is 29.0 Å². The zero-order chi connectivity index (χ0) is 57.6. The average Bonchev–Trinajstić information content (AvgIpc) is 3.82. The maximum Gasteiger partial charge on any atom is 2.00 e. The van der Waals surface area contributed by atoms with Crippen molar-refractivity contribution in [2.24, 2.45) is 70.0 Å². The van der Waals surface area contributed by atoms with Crippen molar-refractivity contribution in [3.63, 3.8) is 0 Å². The number of aliphatic hydroxyl groups excluding tert-OH is 4. The number of carbonyl (C=O) groups excluding carboxylic acids is 1. The number of ether oxygens (including phenoxy) is 1. The smallest absolute Gasteiger partial charge is 1.00 e. The minimum absolute atomic E-state index is 0. The van der Waals surface area contributed by atoms with Gasteiger partial charge in [-0.25, -0.2) is 0 Å². The van der Waals surface area contributed by atoms with Crippen LogP contribution < -0.4 is 17.0 Å². The van der Waals surface area contributed by atoms with Gasteiger partial charge in [0.1, 0.15) is 0 Å². The van der Waals surface area contributed by atoms with E-state index in [2.05, 4.69) is 72.8 Å². The SMILES string of the molecule is CC(C)O.CC(C)O.CC(C)O.CC(C)O.CC[C@]1(O)CC[C@H]2C(=CC[C@@H]3[C@@H]2CC[C@]2(C)C([C@H](C)CCC(=O)OC)=CC[C@@H]32)C1.CC[C@]1(O)CC[C@H]2C(=CC[C@@H]3[C@@H]2CC[C@]2(C)C([C@H](C)CCC4(O)CC4)=CC[C@@H]32)C1.[Br-].[CH2-]C.[Mg+2].[Ti]. The zero-order valence-corrected chi connectivity index (χ0v) is 57.7. The number of halogens is 1. The third kappa shape index (κ3) is 22.4. The van der Waals surface area contributed by atoms with Gasteiger partial charge in [-0.15, -0.1) is 0 Å². The molecule has 9 aliphatic carbocycles. The van der Waals surface area contributed by atoms with Gasteiger partial charge in [0.25, 0.3) is 0 Å². The summed E-state index contributed by atoms with van der Waals surface area (Å²) in [4.78, 5) is 11.6. The Morgan fingerprint density at radius 3 is 1.22 bits per heavy atom. The van der Waals surface area contributed by atoms with Gasteiger partial charge in [-0.1, -0.05) is 88.1 Å². The van der Waals surface area contributed by atoms with E-state index in [1.807, 2.05) is 0 Å². The van der Waals surface area contributed by atoms with Crippen molar-refractivity contribution in [3.8, 4) is 0 Å².